The van der Waals surface area contributed by atoms with Crippen molar-refractivity contribution in [2.24, 2.45) is 0 Å². The van der Waals surface area contributed by atoms with Crippen molar-refractivity contribution < 1.29 is 4.74 Å². The van der Waals surface area contributed by atoms with Crippen LogP contribution in [-0.2, 0) is 5.41 Å². The first-order valence-corrected chi connectivity index (χ1v) is 39.3. The average Bonchev–Trinajstić information content (AvgIpc) is 0.688. The molecule has 12 aromatic carbocycles. The summed E-state index contributed by atoms with van der Waals surface area (Å²) in [7, 11) is 0. The minimum absolute atomic E-state index is 0.0180. The van der Waals surface area contributed by atoms with E-state index in [2.05, 4.69) is 380 Å². The van der Waals surface area contributed by atoms with E-state index >= 15 is 0 Å². The molecule has 12 aromatic rings. The second-order valence-electron chi connectivity index (χ2n) is 33.1. The van der Waals surface area contributed by atoms with E-state index in [-0.39, 0.29) is 24.8 Å². The van der Waals surface area contributed by atoms with Gasteiger partial charge in [0.2, 0.25) is 0 Å². The fourth-order valence-electron chi connectivity index (χ4n) is 16.5. The largest absolute Gasteiger partial charge is 0.458 e. The zero-order chi connectivity index (χ0) is 73.2. The molecule has 0 atom stereocenters. The van der Waals surface area contributed by atoms with Crippen molar-refractivity contribution in [1.29, 1.82) is 0 Å². The van der Waals surface area contributed by atoms with Crippen LogP contribution in [0.2, 0.25) is 0 Å². The summed E-state index contributed by atoms with van der Waals surface area (Å²) in [6.45, 7) is 38.8. The van der Waals surface area contributed by atoms with Gasteiger partial charge in [-0.1, -0.05) is 268 Å². The molecule has 0 aliphatic carbocycles. The Morgan fingerprint density at radius 1 is 0.314 bits per heavy atom. The van der Waals surface area contributed by atoms with Crippen LogP contribution in [0.15, 0.2) is 252 Å². The molecule has 0 bridgehead atoms. The van der Waals surface area contributed by atoms with Crippen molar-refractivity contribution in [2.75, 3.05) is 19.6 Å². The smallest absolute Gasteiger partial charge is 0.253 e. The predicted molar refractivity (Wildman–Crippen MR) is 454 cm³/mol. The van der Waals surface area contributed by atoms with Crippen LogP contribution in [0.5, 0.6) is 11.5 Å². The highest BCUT2D eigenvalue weighted by atomic mass is 32.2. The number of hydrogen-bond acceptors (Lipinski definition) is 6. The Hall–Kier alpha value is -9.88. The van der Waals surface area contributed by atoms with Gasteiger partial charge < -0.3 is 24.3 Å². The van der Waals surface area contributed by atoms with E-state index in [0.29, 0.717) is 35.5 Å². The Morgan fingerprint density at radius 3 is 1.24 bits per heavy atom. The van der Waals surface area contributed by atoms with E-state index in [9.17, 15) is 0 Å². The van der Waals surface area contributed by atoms with Gasteiger partial charge in [0.15, 0.2) is 0 Å². The van der Waals surface area contributed by atoms with Gasteiger partial charge in [-0.05, 0) is 227 Å². The van der Waals surface area contributed by atoms with Gasteiger partial charge >= 0.3 is 0 Å². The van der Waals surface area contributed by atoms with E-state index < -0.39 is 0 Å². The van der Waals surface area contributed by atoms with Gasteiger partial charge in [-0.25, -0.2) is 0 Å². The first kappa shape index (κ1) is 69.5. The third-order valence-corrected chi connectivity index (χ3v) is 24.0. The highest BCUT2D eigenvalue weighted by Crippen LogP contribution is 2.53. The minimum Gasteiger partial charge on any atom is -0.458 e. The van der Waals surface area contributed by atoms with Gasteiger partial charge in [-0.3, -0.25) is 0 Å². The number of nitrogens with zero attached hydrogens (tertiary/aromatic N) is 4. The second-order valence-corrected chi connectivity index (χ2v) is 34.2. The number of hydrogen-bond donors (Lipinski definition) is 0. The van der Waals surface area contributed by atoms with Crippen LogP contribution in [0.1, 0.15) is 204 Å². The van der Waals surface area contributed by atoms with Crippen LogP contribution in [-0.4, -0.2) is 13.4 Å². The fourth-order valence-corrected chi connectivity index (χ4v) is 17.7. The molecule has 0 amide bonds. The van der Waals surface area contributed by atoms with Crippen molar-refractivity contribution in [2.45, 2.75) is 174 Å². The molecule has 8 heteroatoms. The Morgan fingerprint density at radius 2 is 0.743 bits per heavy atom. The molecular weight excluding hydrogens is 1290 g/mol. The predicted octanol–water partition coefficient (Wildman–Crippen LogP) is 24.6. The molecule has 4 aliphatic rings. The van der Waals surface area contributed by atoms with E-state index in [1.54, 1.807) is 0 Å². The summed E-state index contributed by atoms with van der Waals surface area (Å²) < 4.78 is 7.45. The first-order chi connectivity index (χ1) is 50.5. The second kappa shape index (κ2) is 27.2. The van der Waals surface area contributed by atoms with E-state index in [1.807, 2.05) is 11.8 Å². The molecule has 0 saturated carbocycles. The Bertz CT molecular complexity index is 5180. The molecule has 0 N–H and O–H groups in total. The van der Waals surface area contributed by atoms with Crippen LogP contribution >= 0.6 is 11.8 Å². The number of rotatable bonds is 16. The molecule has 0 spiro atoms. The third-order valence-electron chi connectivity index (χ3n) is 22.8. The van der Waals surface area contributed by atoms with Gasteiger partial charge in [0.05, 0.1) is 17.1 Å². The summed E-state index contributed by atoms with van der Waals surface area (Å²) in [5, 5.41) is 0. The maximum Gasteiger partial charge on any atom is 0.253 e. The summed E-state index contributed by atoms with van der Waals surface area (Å²) in [5.74, 6) is 4.33. The summed E-state index contributed by atoms with van der Waals surface area (Å²) in [5.41, 5.74) is 33.9. The van der Waals surface area contributed by atoms with E-state index in [0.717, 1.165) is 68.4 Å². The van der Waals surface area contributed by atoms with Crippen LogP contribution in [0.25, 0.3) is 11.1 Å². The van der Waals surface area contributed by atoms with E-state index in [1.165, 1.54) is 110 Å². The van der Waals surface area contributed by atoms with Crippen molar-refractivity contribution in [3.05, 3.63) is 287 Å². The summed E-state index contributed by atoms with van der Waals surface area (Å²) in [4.78, 5) is 12.7. The quantitative estimate of drug-likeness (QED) is 0.0893. The number of benzene rings is 12. The Balaban J connectivity index is 1.01. The first-order valence-electron chi connectivity index (χ1n) is 38.5. The van der Waals surface area contributed by atoms with Crippen molar-refractivity contribution >= 4 is 126 Å². The van der Waals surface area contributed by atoms with Crippen LogP contribution in [0, 0.1) is 0 Å². The fraction of sp³-hybridized carbons (Fsp3) is 0.258. The summed E-state index contributed by atoms with van der Waals surface area (Å²) in [6, 6.07) is 94.8. The minimum atomic E-state index is -0.185. The molecular formula is C97H98B2N4OS. The molecule has 0 fully saturated rings. The number of ether oxygens (including phenoxy) is 1. The molecule has 0 aromatic heterocycles. The normalized spacial score (nSPS) is 13.4. The SMILES string of the molecule is CC(C)c1ccc(N(c2ccc(C(C)C)cc2)c2cc3c4c(c2)Sc2cc5c(cc2B4c2cc(C(C)C)ccc2O3)B2c3cc(C(C)C)ccc3N(c3ccc(C(C)C)cc3)c3cc(N(c4ccc(C(C)C)cc4)c4ccc(C(C)C)cc4)cc(c32)N5c2ccccc2-c2ccc(C(C)(C)C)cc2)cc1. The van der Waals surface area contributed by atoms with Crippen LogP contribution < -0.4 is 57.1 Å². The zero-order valence-electron chi connectivity index (χ0n) is 64.4. The van der Waals surface area contributed by atoms with Gasteiger partial charge in [0.1, 0.15) is 11.5 Å². The van der Waals surface area contributed by atoms with Gasteiger partial charge in [-0.15, -0.1) is 0 Å². The van der Waals surface area contributed by atoms with Crippen molar-refractivity contribution in [3.8, 4) is 22.6 Å². The molecule has 0 unspecified atom stereocenters. The summed E-state index contributed by atoms with van der Waals surface area (Å²) >= 11 is 1.90. The zero-order valence-corrected chi connectivity index (χ0v) is 65.2. The third kappa shape index (κ3) is 12.5. The lowest BCUT2D eigenvalue weighted by Crippen LogP contribution is -2.64. The lowest BCUT2D eigenvalue weighted by molar-refractivity contribution is 0.486. The molecule has 524 valence electrons. The van der Waals surface area contributed by atoms with Crippen LogP contribution in [0.3, 0.4) is 0 Å². The summed E-state index contributed by atoms with van der Waals surface area (Å²) in [6.07, 6.45) is 0. The van der Waals surface area contributed by atoms with Crippen LogP contribution in [0.4, 0.5) is 68.2 Å². The van der Waals surface area contributed by atoms with Crippen molar-refractivity contribution in [3.63, 3.8) is 0 Å². The topological polar surface area (TPSA) is 22.2 Å². The molecule has 0 radical (unpaired) electrons. The highest BCUT2D eigenvalue weighted by molar-refractivity contribution is 8.00. The molecule has 105 heavy (non-hydrogen) atoms. The molecule has 0 saturated heterocycles. The van der Waals surface area contributed by atoms with E-state index in [4.69, 9.17) is 4.74 Å². The van der Waals surface area contributed by atoms with Gasteiger partial charge in [0, 0.05) is 72.6 Å². The Labute approximate surface area is 630 Å². The van der Waals surface area contributed by atoms with Crippen molar-refractivity contribution in [1.82, 2.24) is 0 Å². The molecule has 16 rings (SSSR count). The maximum atomic E-state index is 7.45. The number of fused-ring (bicyclic) bond motifs is 8. The highest BCUT2D eigenvalue weighted by Gasteiger charge is 2.48. The molecule has 5 nitrogen and oxygen atoms in total. The number of para-hydroxylation sites is 1. The van der Waals surface area contributed by atoms with Gasteiger partial charge in [0.25, 0.3) is 13.4 Å². The lowest BCUT2D eigenvalue weighted by atomic mass is 9.31. The monoisotopic (exact) mass is 1390 g/mol. The lowest BCUT2D eigenvalue weighted by Gasteiger charge is -2.46. The maximum absolute atomic E-state index is 7.45. The average molecular weight is 1390 g/mol. The van der Waals surface area contributed by atoms with Gasteiger partial charge in [-0.2, -0.15) is 0 Å². The molecule has 4 aliphatic heterocycles. The molecule has 4 heterocycles. The number of anilines is 12. The Kier molecular flexibility index (Phi) is 18.0. The standard InChI is InChI=1S/C97H98B2N4OS/c1-58(2)65-24-38-74(39-25-65)100(75-40-26-66(27-41-75)59(3)4)79-52-89-95-90(53-79)103(86-21-19-18-20-81(86)70-22-36-73(37-23-70)97(15,16)17)88-57-93-85(56-83(88)98(95)82-50-71(63(11)12)34-48-87(82)102(89)78-46-32-69(33-47-78)62(9)10)99-84-51-72(64(13)14)35-49-91(84)104-92-54-80(55-94(105-93)96(92)99)101(76-42-28-67(29-43-76)60(5)6)77-44-30-68(31-45-77)61(7)8/h18-64H,1-17H3.